The summed E-state index contributed by atoms with van der Waals surface area (Å²) in [6, 6.07) is 10.7. The molecule has 1 aromatic carbocycles. The summed E-state index contributed by atoms with van der Waals surface area (Å²) in [7, 11) is 0. The average Bonchev–Trinajstić information content (AvgIpc) is 2.56. The molecule has 8 nitrogen and oxygen atoms in total. The highest BCUT2D eigenvalue weighted by Crippen LogP contribution is 2.33. The summed E-state index contributed by atoms with van der Waals surface area (Å²) in [6.07, 6.45) is 4.42. The van der Waals surface area contributed by atoms with E-state index in [0.29, 0.717) is 11.4 Å². The topological polar surface area (TPSA) is 106 Å². The zero-order chi connectivity index (χ0) is 16.9. The summed E-state index contributed by atoms with van der Waals surface area (Å²) in [6.45, 7) is 0. The number of halogens is 1. The lowest BCUT2D eigenvalue weighted by atomic mass is 10.3. The van der Waals surface area contributed by atoms with Gasteiger partial charge in [-0.2, -0.15) is 0 Å². The maximum Gasteiger partial charge on any atom is 0.353 e. The lowest BCUT2D eigenvalue weighted by molar-refractivity contribution is -0.383. The van der Waals surface area contributed by atoms with Gasteiger partial charge >= 0.3 is 5.69 Å². The second-order valence-corrected chi connectivity index (χ2v) is 5.59. The van der Waals surface area contributed by atoms with Crippen LogP contribution in [0.3, 0.4) is 0 Å². The van der Waals surface area contributed by atoms with Gasteiger partial charge in [-0.1, -0.05) is 22.0 Å². The van der Waals surface area contributed by atoms with Crippen molar-refractivity contribution in [1.82, 2.24) is 15.0 Å². The highest BCUT2D eigenvalue weighted by atomic mass is 79.9. The Morgan fingerprint density at radius 2 is 1.75 bits per heavy atom. The number of hydrogen-bond acceptors (Lipinski definition) is 7. The minimum atomic E-state index is -0.529. The monoisotopic (exact) mass is 386 g/mol. The van der Waals surface area contributed by atoms with E-state index in [1.807, 2.05) is 12.1 Å². The molecular formula is C15H11BrN6O2. The Labute approximate surface area is 145 Å². The third-order valence-corrected chi connectivity index (χ3v) is 3.51. The van der Waals surface area contributed by atoms with Crippen molar-refractivity contribution in [1.29, 1.82) is 0 Å². The molecule has 0 radical (unpaired) electrons. The van der Waals surface area contributed by atoms with Crippen LogP contribution < -0.4 is 10.6 Å². The Morgan fingerprint density at radius 1 is 1.04 bits per heavy atom. The van der Waals surface area contributed by atoms with Crippen molar-refractivity contribution in [2.45, 2.75) is 0 Å². The molecule has 0 atom stereocenters. The lowest BCUT2D eigenvalue weighted by Crippen LogP contribution is -2.05. The van der Waals surface area contributed by atoms with Gasteiger partial charge in [-0.3, -0.25) is 15.1 Å². The maximum atomic E-state index is 11.5. The second kappa shape index (κ2) is 7.01. The standard InChI is InChI=1S/C15H11BrN6O2/c16-10-3-1-4-11(7-10)20-14-13(22(23)24)15(19-9-18-14)21-12-5-2-6-17-8-12/h1-9H,(H2,18,19,20,21). The maximum absolute atomic E-state index is 11.5. The van der Waals surface area contributed by atoms with Gasteiger partial charge < -0.3 is 10.6 Å². The minimum Gasteiger partial charge on any atom is -0.334 e. The lowest BCUT2D eigenvalue weighted by Gasteiger charge is -2.10. The smallest absolute Gasteiger partial charge is 0.334 e. The first kappa shape index (κ1) is 15.8. The molecule has 0 spiro atoms. The number of nitro groups is 1. The van der Waals surface area contributed by atoms with Gasteiger partial charge in [-0.05, 0) is 30.3 Å². The van der Waals surface area contributed by atoms with Crippen molar-refractivity contribution < 1.29 is 4.92 Å². The van der Waals surface area contributed by atoms with Crippen LogP contribution in [0.25, 0.3) is 0 Å². The van der Waals surface area contributed by atoms with Crippen molar-refractivity contribution in [3.8, 4) is 0 Å². The van der Waals surface area contributed by atoms with E-state index < -0.39 is 4.92 Å². The highest BCUT2D eigenvalue weighted by molar-refractivity contribution is 9.10. The van der Waals surface area contributed by atoms with Crippen molar-refractivity contribution in [2.75, 3.05) is 10.6 Å². The van der Waals surface area contributed by atoms with Crippen molar-refractivity contribution in [3.63, 3.8) is 0 Å². The summed E-state index contributed by atoms with van der Waals surface area (Å²) < 4.78 is 0.845. The van der Waals surface area contributed by atoms with Gasteiger partial charge in [0.15, 0.2) is 0 Å². The number of hydrogen-bond donors (Lipinski definition) is 2. The summed E-state index contributed by atoms with van der Waals surface area (Å²) in [5.41, 5.74) is 1.01. The first-order valence-corrected chi connectivity index (χ1v) is 7.62. The molecule has 24 heavy (non-hydrogen) atoms. The first-order chi connectivity index (χ1) is 11.6. The van der Waals surface area contributed by atoms with E-state index in [9.17, 15) is 10.1 Å². The van der Waals surface area contributed by atoms with Gasteiger partial charge in [0.25, 0.3) is 0 Å². The molecule has 9 heteroatoms. The Balaban J connectivity index is 1.97. The highest BCUT2D eigenvalue weighted by Gasteiger charge is 2.23. The van der Waals surface area contributed by atoms with E-state index in [2.05, 4.69) is 41.5 Å². The van der Waals surface area contributed by atoms with Gasteiger partial charge in [0, 0.05) is 16.4 Å². The van der Waals surface area contributed by atoms with Crippen LogP contribution in [0, 0.1) is 10.1 Å². The van der Waals surface area contributed by atoms with Crippen LogP contribution in [0.2, 0.25) is 0 Å². The second-order valence-electron chi connectivity index (χ2n) is 4.68. The Kier molecular flexibility index (Phi) is 4.62. The van der Waals surface area contributed by atoms with Gasteiger partial charge in [0.05, 0.1) is 16.8 Å². The van der Waals surface area contributed by atoms with E-state index in [0.717, 1.165) is 4.47 Å². The molecule has 2 aromatic heterocycles. The molecule has 0 unspecified atom stereocenters. The molecule has 120 valence electrons. The Hall–Kier alpha value is -3.07. The SMILES string of the molecule is O=[N+]([O-])c1c(Nc2cccnc2)ncnc1Nc1cccc(Br)c1. The molecule has 3 aromatic rings. The zero-order valence-corrected chi connectivity index (χ0v) is 13.8. The fourth-order valence-corrected chi connectivity index (χ4v) is 2.41. The van der Waals surface area contributed by atoms with Gasteiger partial charge in [-0.15, -0.1) is 0 Å². The van der Waals surface area contributed by atoms with E-state index >= 15 is 0 Å². The molecule has 0 bridgehead atoms. The van der Waals surface area contributed by atoms with Gasteiger partial charge in [0.2, 0.25) is 11.6 Å². The van der Waals surface area contributed by atoms with Crippen LogP contribution in [0.4, 0.5) is 28.7 Å². The molecule has 0 fully saturated rings. The number of rotatable bonds is 5. The van der Waals surface area contributed by atoms with E-state index in [1.165, 1.54) is 6.33 Å². The summed E-state index contributed by atoms with van der Waals surface area (Å²) in [5, 5.41) is 17.3. The third kappa shape index (κ3) is 3.63. The fraction of sp³-hybridized carbons (Fsp3) is 0. The normalized spacial score (nSPS) is 10.2. The van der Waals surface area contributed by atoms with Crippen LogP contribution in [-0.4, -0.2) is 19.9 Å². The van der Waals surface area contributed by atoms with Gasteiger partial charge in [-0.25, -0.2) is 9.97 Å². The number of pyridine rings is 1. The third-order valence-electron chi connectivity index (χ3n) is 3.02. The van der Waals surface area contributed by atoms with Crippen LogP contribution in [0.15, 0.2) is 59.6 Å². The Bertz CT molecular complexity index is 875. The largest absolute Gasteiger partial charge is 0.353 e. The van der Waals surface area contributed by atoms with E-state index in [1.54, 1.807) is 36.7 Å². The molecule has 0 aliphatic carbocycles. The fourth-order valence-electron chi connectivity index (χ4n) is 2.01. The van der Waals surface area contributed by atoms with Crippen LogP contribution in [0.5, 0.6) is 0 Å². The number of aromatic nitrogens is 3. The minimum absolute atomic E-state index is 0.0838. The number of anilines is 4. The predicted octanol–water partition coefficient (Wildman–Crippen LogP) is 4.03. The number of benzene rings is 1. The van der Waals surface area contributed by atoms with Crippen molar-refractivity contribution in [3.05, 3.63) is 69.7 Å². The molecule has 0 amide bonds. The summed E-state index contributed by atoms with van der Waals surface area (Å²) in [4.78, 5) is 22.9. The van der Waals surface area contributed by atoms with Crippen LogP contribution >= 0.6 is 15.9 Å². The van der Waals surface area contributed by atoms with E-state index in [-0.39, 0.29) is 17.3 Å². The quantitative estimate of drug-likeness (QED) is 0.503. The van der Waals surface area contributed by atoms with Crippen molar-refractivity contribution >= 4 is 44.6 Å². The summed E-state index contributed by atoms with van der Waals surface area (Å²) in [5.74, 6) is 0.181. The van der Waals surface area contributed by atoms with Crippen LogP contribution in [-0.2, 0) is 0 Å². The number of nitrogens with one attached hydrogen (secondary N) is 2. The molecule has 3 rings (SSSR count). The van der Waals surface area contributed by atoms with Gasteiger partial charge in [0.1, 0.15) is 6.33 Å². The molecule has 0 saturated carbocycles. The number of nitrogens with zero attached hydrogens (tertiary/aromatic N) is 4. The molecule has 0 aliphatic rings. The van der Waals surface area contributed by atoms with E-state index in [4.69, 9.17) is 0 Å². The molecule has 2 N–H and O–H groups in total. The van der Waals surface area contributed by atoms with Crippen LogP contribution in [0.1, 0.15) is 0 Å². The zero-order valence-electron chi connectivity index (χ0n) is 12.2. The first-order valence-electron chi connectivity index (χ1n) is 6.82. The summed E-state index contributed by atoms with van der Waals surface area (Å²) >= 11 is 3.36. The Morgan fingerprint density at radius 3 is 2.38 bits per heavy atom. The molecule has 2 heterocycles. The average molecular weight is 387 g/mol. The molecule has 0 aliphatic heterocycles. The molecular weight excluding hydrogens is 376 g/mol. The predicted molar refractivity (Wildman–Crippen MR) is 93.6 cm³/mol. The van der Waals surface area contributed by atoms with Crippen molar-refractivity contribution in [2.24, 2.45) is 0 Å². The molecule has 0 saturated heterocycles.